The van der Waals surface area contributed by atoms with E-state index >= 15 is 0 Å². The van der Waals surface area contributed by atoms with Crippen LogP contribution in [0.25, 0.3) is 0 Å². The van der Waals surface area contributed by atoms with Crippen molar-refractivity contribution in [3.63, 3.8) is 0 Å². The highest BCUT2D eigenvalue weighted by Gasteiger charge is 2.50. The van der Waals surface area contributed by atoms with Crippen molar-refractivity contribution in [2.75, 3.05) is 20.3 Å². The molecule has 2 N–H and O–H groups in total. The number of hydrogen-bond acceptors (Lipinski definition) is 3. The van der Waals surface area contributed by atoms with Gasteiger partial charge in [0.2, 0.25) is 11.8 Å². The molecule has 1 unspecified atom stereocenters. The van der Waals surface area contributed by atoms with Gasteiger partial charge in [-0.05, 0) is 12.8 Å². The lowest BCUT2D eigenvalue weighted by Gasteiger charge is -2.17. The van der Waals surface area contributed by atoms with Gasteiger partial charge >= 0.3 is 0 Å². The Morgan fingerprint density at radius 2 is 2.40 bits per heavy atom. The molecule has 2 amide bonds. The Kier molecular flexibility index (Phi) is 2.65. The summed E-state index contributed by atoms with van der Waals surface area (Å²) in [6, 6.07) is -0.0423. The molecular formula is C10H16N2O3. The lowest BCUT2D eigenvalue weighted by atomic mass is 10.1. The summed E-state index contributed by atoms with van der Waals surface area (Å²) in [6.45, 7) is 1.03. The summed E-state index contributed by atoms with van der Waals surface area (Å²) in [7, 11) is 1.61. The standard InChI is InChI=1S/C10H16N2O3/c1-15-6-10(2-3-10)9(14)12-7-4-8(13)11-5-7/h7H,2-6H2,1H3,(H,11,13)(H,12,14). The van der Waals surface area contributed by atoms with Crippen LogP contribution >= 0.6 is 0 Å². The molecule has 2 fully saturated rings. The van der Waals surface area contributed by atoms with E-state index in [4.69, 9.17) is 4.74 Å². The fourth-order valence-corrected chi connectivity index (χ4v) is 1.91. The highest BCUT2D eigenvalue weighted by molar-refractivity contribution is 5.87. The van der Waals surface area contributed by atoms with Crippen LogP contribution < -0.4 is 10.6 Å². The van der Waals surface area contributed by atoms with Crippen LogP contribution in [0.15, 0.2) is 0 Å². The van der Waals surface area contributed by atoms with Crippen molar-refractivity contribution in [1.29, 1.82) is 0 Å². The molecule has 0 aromatic carbocycles. The molecule has 0 radical (unpaired) electrons. The van der Waals surface area contributed by atoms with Crippen LogP contribution in [0.3, 0.4) is 0 Å². The minimum Gasteiger partial charge on any atom is -0.384 e. The number of amides is 2. The molecule has 0 aromatic heterocycles. The maximum atomic E-state index is 11.8. The lowest BCUT2D eigenvalue weighted by Crippen LogP contribution is -2.42. The molecule has 1 atom stereocenters. The van der Waals surface area contributed by atoms with Gasteiger partial charge in [0.25, 0.3) is 0 Å². The van der Waals surface area contributed by atoms with Crippen molar-refractivity contribution >= 4 is 11.8 Å². The maximum absolute atomic E-state index is 11.8. The van der Waals surface area contributed by atoms with Gasteiger partial charge in [0.1, 0.15) is 0 Å². The normalized spacial score (nSPS) is 27.3. The molecule has 5 nitrogen and oxygen atoms in total. The third-order valence-corrected chi connectivity index (χ3v) is 3.07. The average molecular weight is 212 g/mol. The van der Waals surface area contributed by atoms with Crippen molar-refractivity contribution in [2.45, 2.75) is 25.3 Å². The zero-order chi connectivity index (χ0) is 10.9. The van der Waals surface area contributed by atoms with Gasteiger partial charge in [-0.3, -0.25) is 9.59 Å². The van der Waals surface area contributed by atoms with E-state index in [1.54, 1.807) is 7.11 Å². The smallest absolute Gasteiger partial charge is 0.228 e. The maximum Gasteiger partial charge on any atom is 0.228 e. The van der Waals surface area contributed by atoms with Crippen molar-refractivity contribution in [2.24, 2.45) is 5.41 Å². The van der Waals surface area contributed by atoms with Crippen molar-refractivity contribution < 1.29 is 14.3 Å². The summed E-state index contributed by atoms with van der Waals surface area (Å²) in [5.74, 6) is 0.0442. The predicted molar refractivity (Wildman–Crippen MR) is 53.1 cm³/mol. The van der Waals surface area contributed by atoms with E-state index in [9.17, 15) is 9.59 Å². The number of ether oxygens (including phenoxy) is 1. The highest BCUT2D eigenvalue weighted by Crippen LogP contribution is 2.46. The fraction of sp³-hybridized carbons (Fsp3) is 0.800. The molecule has 0 spiro atoms. The van der Waals surface area contributed by atoms with Crippen LogP contribution in [0.2, 0.25) is 0 Å². The second kappa shape index (κ2) is 3.81. The summed E-state index contributed by atoms with van der Waals surface area (Å²) in [5.41, 5.74) is -0.305. The minimum absolute atomic E-state index is 0.0110. The fourth-order valence-electron chi connectivity index (χ4n) is 1.91. The Balaban J connectivity index is 1.84. The zero-order valence-electron chi connectivity index (χ0n) is 8.84. The third-order valence-electron chi connectivity index (χ3n) is 3.07. The van der Waals surface area contributed by atoms with Gasteiger partial charge in [0.05, 0.1) is 18.1 Å². The first-order chi connectivity index (χ1) is 7.16. The van der Waals surface area contributed by atoms with Crippen molar-refractivity contribution in [1.82, 2.24) is 10.6 Å². The van der Waals surface area contributed by atoms with Crippen LogP contribution in [0, 0.1) is 5.41 Å². The number of methoxy groups -OCH3 is 1. The predicted octanol–water partition coefficient (Wildman–Crippen LogP) is -0.582. The van der Waals surface area contributed by atoms with E-state index in [1.165, 1.54) is 0 Å². The van der Waals surface area contributed by atoms with Gasteiger partial charge in [-0.1, -0.05) is 0 Å². The van der Waals surface area contributed by atoms with E-state index in [2.05, 4.69) is 10.6 Å². The Hall–Kier alpha value is -1.10. The van der Waals surface area contributed by atoms with Crippen LogP contribution in [-0.4, -0.2) is 38.1 Å². The molecule has 2 aliphatic rings. The molecule has 0 aromatic rings. The van der Waals surface area contributed by atoms with E-state index in [0.29, 0.717) is 19.6 Å². The van der Waals surface area contributed by atoms with Gasteiger partial charge < -0.3 is 15.4 Å². The van der Waals surface area contributed by atoms with E-state index in [0.717, 1.165) is 12.8 Å². The Labute approximate surface area is 88.5 Å². The molecular weight excluding hydrogens is 196 g/mol. The molecule has 1 saturated carbocycles. The molecule has 1 aliphatic carbocycles. The van der Waals surface area contributed by atoms with Gasteiger partial charge in [-0.2, -0.15) is 0 Å². The molecule has 1 aliphatic heterocycles. The molecule has 84 valence electrons. The van der Waals surface area contributed by atoms with E-state index in [1.807, 2.05) is 0 Å². The molecule has 2 rings (SSSR count). The Bertz CT molecular complexity index is 286. The quantitative estimate of drug-likeness (QED) is 0.655. The Morgan fingerprint density at radius 1 is 1.67 bits per heavy atom. The molecule has 15 heavy (non-hydrogen) atoms. The van der Waals surface area contributed by atoms with Crippen LogP contribution in [0.1, 0.15) is 19.3 Å². The first kappa shape index (κ1) is 10.4. The van der Waals surface area contributed by atoms with Crippen molar-refractivity contribution in [3.05, 3.63) is 0 Å². The summed E-state index contributed by atoms with van der Waals surface area (Å²) in [5, 5.41) is 5.59. The summed E-state index contributed by atoms with van der Waals surface area (Å²) in [6.07, 6.45) is 2.18. The number of rotatable bonds is 4. The first-order valence-electron chi connectivity index (χ1n) is 5.23. The van der Waals surface area contributed by atoms with Crippen LogP contribution in [-0.2, 0) is 14.3 Å². The van der Waals surface area contributed by atoms with Crippen LogP contribution in [0.4, 0.5) is 0 Å². The average Bonchev–Trinajstić information content (AvgIpc) is 2.86. The number of carbonyl (C=O) groups excluding carboxylic acids is 2. The summed E-state index contributed by atoms with van der Waals surface area (Å²) < 4.78 is 5.03. The van der Waals surface area contributed by atoms with Crippen LogP contribution in [0.5, 0.6) is 0 Å². The number of hydrogen-bond donors (Lipinski definition) is 2. The largest absolute Gasteiger partial charge is 0.384 e. The van der Waals surface area contributed by atoms with Gasteiger partial charge in [0.15, 0.2) is 0 Å². The molecule has 5 heteroatoms. The highest BCUT2D eigenvalue weighted by atomic mass is 16.5. The molecule has 0 bridgehead atoms. The Morgan fingerprint density at radius 3 is 2.87 bits per heavy atom. The topological polar surface area (TPSA) is 67.4 Å². The van der Waals surface area contributed by atoms with Gasteiger partial charge in [0, 0.05) is 20.1 Å². The monoisotopic (exact) mass is 212 g/mol. The SMILES string of the molecule is COCC1(C(=O)NC2CNC(=O)C2)CC1. The van der Waals surface area contributed by atoms with E-state index in [-0.39, 0.29) is 23.3 Å². The summed E-state index contributed by atoms with van der Waals surface area (Å²) in [4.78, 5) is 22.8. The number of carbonyl (C=O) groups is 2. The zero-order valence-corrected chi connectivity index (χ0v) is 8.84. The molecule has 1 heterocycles. The second-order valence-corrected chi connectivity index (χ2v) is 4.39. The second-order valence-electron chi connectivity index (χ2n) is 4.39. The minimum atomic E-state index is -0.305. The summed E-state index contributed by atoms with van der Waals surface area (Å²) >= 11 is 0. The lowest BCUT2D eigenvalue weighted by molar-refractivity contribution is -0.128. The molecule has 1 saturated heterocycles. The van der Waals surface area contributed by atoms with Gasteiger partial charge in [-0.25, -0.2) is 0 Å². The van der Waals surface area contributed by atoms with E-state index < -0.39 is 0 Å². The van der Waals surface area contributed by atoms with Gasteiger partial charge in [-0.15, -0.1) is 0 Å². The third kappa shape index (κ3) is 2.12. The van der Waals surface area contributed by atoms with Crippen molar-refractivity contribution in [3.8, 4) is 0 Å². The number of nitrogens with one attached hydrogen (secondary N) is 2. The first-order valence-corrected chi connectivity index (χ1v) is 5.23.